The van der Waals surface area contributed by atoms with E-state index in [-0.39, 0.29) is 5.41 Å². The third kappa shape index (κ3) is 3.26. The molecular weight excluding hydrogens is 262 g/mol. The highest BCUT2D eigenvalue weighted by molar-refractivity contribution is 5.83. The Labute approximate surface area is 129 Å². The zero-order valence-corrected chi connectivity index (χ0v) is 13.5. The van der Waals surface area contributed by atoms with Crippen molar-refractivity contribution in [3.8, 4) is 0 Å². The van der Waals surface area contributed by atoms with Crippen molar-refractivity contribution in [3.05, 3.63) is 0 Å². The summed E-state index contributed by atoms with van der Waals surface area (Å²) in [6.07, 6.45) is 7.44. The van der Waals surface area contributed by atoms with E-state index in [1.54, 1.807) is 0 Å². The summed E-state index contributed by atoms with van der Waals surface area (Å²) in [5.74, 6) is 1.77. The van der Waals surface area contributed by atoms with Gasteiger partial charge in [-0.2, -0.15) is 0 Å². The number of nitrogens with one attached hydrogen (secondary N) is 2. The van der Waals surface area contributed by atoms with Crippen LogP contribution in [-0.4, -0.2) is 50.1 Å². The molecule has 1 saturated carbocycles. The van der Waals surface area contributed by atoms with Crippen LogP contribution in [-0.2, 0) is 4.79 Å². The number of hydrogen-bond acceptors (Lipinski definition) is 3. The van der Waals surface area contributed by atoms with Gasteiger partial charge in [-0.15, -0.1) is 0 Å². The van der Waals surface area contributed by atoms with Crippen molar-refractivity contribution in [2.75, 3.05) is 39.3 Å². The van der Waals surface area contributed by atoms with Gasteiger partial charge < -0.3 is 15.5 Å². The number of piperidine rings is 1. The molecule has 0 aromatic rings. The molecule has 0 spiro atoms. The van der Waals surface area contributed by atoms with Gasteiger partial charge in [0.1, 0.15) is 0 Å². The number of rotatable bonds is 4. The maximum Gasteiger partial charge on any atom is 0.227 e. The molecule has 3 fully saturated rings. The summed E-state index contributed by atoms with van der Waals surface area (Å²) in [5, 5.41) is 6.71. The second kappa shape index (κ2) is 6.66. The molecule has 1 aliphatic carbocycles. The van der Waals surface area contributed by atoms with Crippen LogP contribution in [0.25, 0.3) is 0 Å². The van der Waals surface area contributed by atoms with Crippen molar-refractivity contribution in [1.29, 1.82) is 0 Å². The van der Waals surface area contributed by atoms with Crippen LogP contribution in [0, 0.1) is 17.3 Å². The van der Waals surface area contributed by atoms with E-state index in [0.29, 0.717) is 11.8 Å². The minimum absolute atomic E-state index is 0.0886. The normalized spacial score (nSPS) is 34.6. The Hall–Kier alpha value is -0.610. The quantitative estimate of drug-likeness (QED) is 0.828. The SMILES string of the molecule is CC1CCN(CCNC(=O)[C@@]23CCCC[C@H]2CNC3)CC1. The predicted molar refractivity (Wildman–Crippen MR) is 85.1 cm³/mol. The monoisotopic (exact) mass is 293 g/mol. The zero-order valence-electron chi connectivity index (χ0n) is 13.5. The van der Waals surface area contributed by atoms with E-state index in [0.717, 1.165) is 38.5 Å². The molecular formula is C17H31N3O. The van der Waals surface area contributed by atoms with E-state index < -0.39 is 0 Å². The Morgan fingerprint density at radius 3 is 2.90 bits per heavy atom. The fourth-order valence-electron chi connectivity index (χ4n) is 4.48. The van der Waals surface area contributed by atoms with Crippen molar-refractivity contribution in [1.82, 2.24) is 15.5 Å². The maximum absolute atomic E-state index is 12.7. The van der Waals surface area contributed by atoms with E-state index in [4.69, 9.17) is 0 Å². The largest absolute Gasteiger partial charge is 0.354 e. The van der Waals surface area contributed by atoms with Crippen LogP contribution in [0.5, 0.6) is 0 Å². The average molecular weight is 293 g/mol. The van der Waals surface area contributed by atoms with E-state index in [2.05, 4.69) is 22.5 Å². The molecule has 1 amide bonds. The van der Waals surface area contributed by atoms with Gasteiger partial charge in [0, 0.05) is 19.6 Å². The first kappa shape index (κ1) is 15.3. The molecule has 0 unspecified atom stereocenters. The second-order valence-electron chi connectivity index (χ2n) is 7.51. The third-order valence-electron chi connectivity index (χ3n) is 6.08. The number of fused-ring (bicyclic) bond motifs is 1. The molecule has 0 aromatic carbocycles. The zero-order chi connectivity index (χ0) is 14.7. The highest BCUT2D eigenvalue weighted by Crippen LogP contribution is 2.43. The first-order valence-electron chi connectivity index (χ1n) is 8.92. The van der Waals surface area contributed by atoms with Crippen LogP contribution in [0.3, 0.4) is 0 Å². The molecule has 2 aliphatic heterocycles. The van der Waals surface area contributed by atoms with Gasteiger partial charge in [-0.05, 0) is 57.2 Å². The molecule has 0 bridgehead atoms. The minimum Gasteiger partial charge on any atom is -0.354 e. The predicted octanol–water partition coefficient (Wildman–Crippen LogP) is 1.61. The average Bonchev–Trinajstić information content (AvgIpc) is 2.94. The lowest BCUT2D eigenvalue weighted by Crippen LogP contribution is -2.49. The van der Waals surface area contributed by atoms with Crippen LogP contribution in [0.15, 0.2) is 0 Å². The summed E-state index contributed by atoms with van der Waals surface area (Å²) in [6, 6.07) is 0. The lowest BCUT2D eigenvalue weighted by Gasteiger charge is -2.37. The van der Waals surface area contributed by atoms with E-state index in [1.807, 2.05) is 0 Å². The summed E-state index contributed by atoms with van der Waals surface area (Å²) < 4.78 is 0. The smallest absolute Gasteiger partial charge is 0.227 e. The van der Waals surface area contributed by atoms with Crippen LogP contribution in [0.1, 0.15) is 45.4 Å². The molecule has 4 heteroatoms. The number of carbonyl (C=O) groups is 1. The molecule has 2 saturated heterocycles. The Balaban J connectivity index is 1.45. The lowest BCUT2D eigenvalue weighted by molar-refractivity contribution is -0.134. The van der Waals surface area contributed by atoms with Crippen molar-refractivity contribution < 1.29 is 4.79 Å². The van der Waals surface area contributed by atoms with Crippen LogP contribution in [0.4, 0.5) is 0 Å². The highest BCUT2D eigenvalue weighted by Gasteiger charge is 2.49. The molecule has 21 heavy (non-hydrogen) atoms. The summed E-state index contributed by atoms with van der Waals surface area (Å²) in [4.78, 5) is 15.2. The number of amides is 1. The number of nitrogens with zero attached hydrogens (tertiary/aromatic N) is 1. The van der Waals surface area contributed by atoms with Gasteiger partial charge in [0.25, 0.3) is 0 Å². The van der Waals surface area contributed by atoms with Gasteiger partial charge in [0.05, 0.1) is 5.41 Å². The van der Waals surface area contributed by atoms with Gasteiger partial charge in [-0.3, -0.25) is 4.79 Å². The van der Waals surface area contributed by atoms with Crippen molar-refractivity contribution in [2.45, 2.75) is 45.4 Å². The maximum atomic E-state index is 12.7. The van der Waals surface area contributed by atoms with Crippen LogP contribution >= 0.6 is 0 Å². The first-order chi connectivity index (χ1) is 10.2. The van der Waals surface area contributed by atoms with Crippen molar-refractivity contribution >= 4 is 5.91 Å². The fraction of sp³-hybridized carbons (Fsp3) is 0.941. The minimum atomic E-state index is -0.0886. The summed E-state index contributed by atoms with van der Waals surface area (Å²) in [7, 11) is 0. The number of carbonyl (C=O) groups excluding carboxylic acids is 1. The molecule has 0 aromatic heterocycles. The first-order valence-corrected chi connectivity index (χ1v) is 8.92. The summed E-state index contributed by atoms with van der Waals surface area (Å²) >= 11 is 0. The molecule has 4 nitrogen and oxygen atoms in total. The molecule has 2 atom stereocenters. The van der Waals surface area contributed by atoms with Gasteiger partial charge in [0.2, 0.25) is 5.91 Å². The van der Waals surface area contributed by atoms with Crippen molar-refractivity contribution in [3.63, 3.8) is 0 Å². The number of hydrogen-bond donors (Lipinski definition) is 2. The van der Waals surface area contributed by atoms with Gasteiger partial charge in [-0.25, -0.2) is 0 Å². The standard InChI is InChI=1S/C17H31N3O/c1-14-5-9-20(10-6-14)11-8-19-16(21)17-7-3-2-4-15(17)12-18-13-17/h14-15,18H,2-13H2,1H3,(H,19,21)/t15-,17+/m0/s1. The van der Waals surface area contributed by atoms with Crippen molar-refractivity contribution in [2.24, 2.45) is 17.3 Å². The van der Waals surface area contributed by atoms with Crippen LogP contribution < -0.4 is 10.6 Å². The van der Waals surface area contributed by atoms with Gasteiger partial charge in [0.15, 0.2) is 0 Å². The second-order valence-corrected chi connectivity index (χ2v) is 7.51. The Kier molecular flexibility index (Phi) is 4.85. The fourth-order valence-corrected chi connectivity index (χ4v) is 4.48. The van der Waals surface area contributed by atoms with Crippen LogP contribution in [0.2, 0.25) is 0 Å². The number of likely N-dealkylation sites (tertiary alicyclic amines) is 1. The summed E-state index contributed by atoms with van der Waals surface area (Å²) in [6.45, 7) is 8.52. The summed E-state index contributed by atoms with van der Waals surface area (Å²) in [5.41, 5.74) is -0.0886. The highest BCUT2D eigenvalue weighted by atomic mass is 16.2. The van der Waals surface area contributed by atoms with E-state index >= 15 is 0 Å². The topological polar surface area (TPSA) is 44.4 Å². The Morgan fingerprint density at radius 1 is 1.29 bits per heavy atom. The lowest BCUT2D eigenvalue weighted by atomic mass is 9.67. The van der Waals surface area contributed by atoms with E-state index in [1.165, 1.54) is 45.2 Å². The molecule has 0 radical (unpaired) electrons. The van der Waals surface area contributed by atoms with Gasteiger partial charge in [-0.1, -0.05) is 19.8 Å². The molecule has 2 N–H and O–H groups in total. The van der Waals surface area contributed by atoms with E-state index in [9.17, 15) is 4.79 Å². The molecule has 3 aliphatic rings. The Morgan fingerprint density at radius 2 is 2.10 bits per heavy atom. The molecule has 120 valence electrons. The molecule has 2 heterocycles. The Bertz CT molecular complexity index is 365. The van der Waals surface area contributed by atoms with Gasteiger partial charge >= 0.3 is 0 Å². The molecule has 3 rings (SSSR count). The third-order valence-corrected chi connectivity index (χ3v) is 6.08.